The second-order valence-corrected chi connectivity index (χ2v) is 5.19. The van der Waals surface area contributed by atoms with Crippen molar-refractivity contribution in [2.24, 2.45) is 0 Å². The molecule has 0 saturated carbocycles. The van der Waals surface area contributed by atoms with Crippen molar-refractivity contribution in [3.8, 4) is 12.3 Å². The van der Waals surface area contributed by atoms with Gasteiger partial charge in [0.05, 0.1) is 0 Å². The fraction of sp³-hybridized carbons (Fsp3) is 0.250. The van der Waals surface area contributed by atoms with Crippen LogP contribution in [0.25, 0.3) is 0 Å². The molecule has 0 aliphatic rings. The molecule has 3 heteroatoms. The second-order valence-electron chi connectivity index (χ2n) is 5.19. The minimum Gasteiger partial charge on any atom is -0.300 e. The third kappa shape index (κ3) is 6.44. The molecule has 0 aromatic heterocycles. The average molecular weight is 314 g/mol. The van der Waals surface area contributed by atoms with E-state index < -0.39 is 0 Å². The van der Waals surface area contributed by atoms with E-state index in [9.17, 15) is 13.6 Å². The van der Waals surface area contributed by atoms with E-state index in [0.717, 1.165) is 11.1 Å². The van der Waals surface area contributed by atoms with Gasteiger partial charge in [-0.1, -0.05) is 24.3 Å². The quantitative estimate of drug-likeness (QED) is 0.701. The zero-order valence-electron chi connectivity index (χ0n) is 13.4. The van der Waals surface area contributed by atoms with E-state index in [-0.39, 0.29) is 23.3 Å². The Morgan fingerprint density at radius 1 is 1.00 bits per heavy atom. The Labute approximate surface area is 136 Å². The van der Waals surface area contributed by atoms with E-state index in [1.807, 2.05) is 0 Å². The monoisotopic (exact) mass is 314 g/mol. The van der Waals surface area contributed by atoms with E-state index in [4.69, 9.17) is 0 Å². The first kappa shape index (κ1) is 18.6. The van der Waals surface area contributed by atoms with Gasteiger partial charge in [-0.2, -0.15) is 0 Å². The minimum atomic E-state index is -0.293. The van der Waals surface area contributed by atoms with Gasteiger partial charge in [-0.25, -0.2) is 8.78 Å². The largest absolute Gasteiger partial charge is 0.300 e. The number of carbonyl (C=O) groups is 1. The van der Waals surface area contributed by atoms with Gasteiger partial charge in [-0.3, -0.25) is 0 Å². The molecule has 0 spiro atoms. The molecule has 0 heterocycles. The number of Topliss-reactive ketones (excluding diaryl/α,β-unsaturated/α-hetero) is 1. The highest BCUT2D eigenvalue weighted by Crippen LogP contribution is 2.29. The normalized spacial score (nSPS) is 9.74. The van der Waals surface area contributed by atoms with Gasteiger partial charge in [0.2, 0.25) is 0 Å². The smallest absolute Gasteiger partial charge is 0.129 e. The zero-order valence-corrected chi connectivity index (χ0v) is 13.4. The van der Waals surface area contributed by atoms with Crippen molar-refractivity contribution in [3.05, 3.63) is 71.3 Å². The van der Waals surface area contributed by atoms with Crippen molar-refractivity contribution < 1.29 is 13.6 Å². The molecule has 2 aromatic carbocycles. The van der Waals surface area contributed by atoms with Crippen LogP contribution in [-0.2, 0) is 4.79 Å². The maximum Gasteiger partial charge on any atom is 0.129 e. The maximum atomic E-state index is 13.0. The third-order valence-electron chi connectivity index (χ3n) is 3.33. The van der Waals surface area contributed by atoms with Crippen LogP contribution in [-0.4, -0.2) is 5.78 Å². The van der Waals surface area contributed by atoms with Gasteiger partial charge in [-0.05, 0) is 55.7 Å². The number of ketones is 1. The molecule has 0 N–H and O–H groups in total. The molecule has 0 bridgehead atoms. The standard InChI is InChI=1S/C17H16F2O.C3H4/c1-12(20)2-11-17(13-3-7-15(18)8-4-13)14-5-9-16(19)10-6-14;1-3-2/h3-10,17H,2,11H2,1H3;1H,2H3. The summed E-state index contributed by atoms with van der Waals surface area (Å²) in [4.78, 5) is 11.2. The molecule has 2 aromatic rings. The van der Waals surface area contributed by atoms with Gasteiger partial charge >= 0.3 is 0 Å². The number of hydrogen-bond donors (Lipinski definition) is 0. The number of terminal acetylenes is 1. The van der Waals surface area contributed by atoms with Crippen LogP contribution in [0.2, 0.25) is 0 Å². The van der Waals surface area contributed by atoms with Crippen LogP contribution in [0.4, 0.5) is 8.78 Å². The SMILES string of the molecule is C#CC.CC(=O)CCC(c1ccc(F)cc1)c1ccc(F)cc1. The molecule has 0 aliphatic heterocycles. The summed E-state index contributed by atoms with van der Waals surface area (Å²) in [7, 11) is 0. The molecule has 23 heavy (non-hydrogen) atoms. The lowest BCUT2D eigenvalue weighted by atomic mass is 9.87. The Balaban J connectivity index is 0.000000816. The fourth-order valence-electron chi connectivity index (χ4n) is 2.26. The topological polar surface area (TPSA) is 17.1 Å². The molecule has 2 rings (SSSR count). The van der Waals surface area contributed by atoms with Crippen molar-refractivity contribution in [1.29, 1.82) is 0 Å². The zero-order chi connectivity index (χ0) is 17.2. The highest BCUT2D eigenvalue weighted by Gasteiger charge is 2.15. The lowest BCUT2D eigenvalue weighted by Crippen LogP contribution is -2.04. The molecule has 0 fully saturated rings. The minimum absolute atomic E-state index is 0.0277. The first-order valence-corrected chi connectivity index (χ1v) is 7.35. The summed E-state index contributed by atoms with van der Waals surface area (Å²) in [5.74, 6) is 1.75. The molecule has 1 nitrogen and oxygen atoms in total. The van der Waals surface area contributed by atoms with E-state index in [2.05, 4.69) is 12.3 Å². The van der Waals surface area contributed by atoms with Crippen molar-refractivity contribution >= 4 is 5.78 Å². The van der Waals surface area contributed by atoms with Crippen molar-refractivity contribution in [1.82, 2.24) is 0 Å². The predicted molar refractivity (Wildman–Crippen MR) is 89.1 cm³/mol. The number of carbonyl (C=O) groups excluding carboxylic acids is 1. The maximum absolute atomic E-state index is 13.0. The first-order chi connectivity index (χ1) is 11.0. The van der Waals surface area contributed by atoms with E-state index in [1.54, 1.807) is 38.1 Å². The van der Waals surface area contributed by atoms with Gasteiger partial charge in [0.15, 0.2) is 0 Å². The molecular formula is C20H20F2O. The Bertz CT molecular complexity index is 606. The molecule has 0 amide bonds. The lowest BCUT2D eigenvalue weighted by Gasteiger charge is -2.17. The summed E-state index contributed by atoms with van der Waals surface area (Å²) in [5.41, 5.74) is 1.86. The summed E-state index contributed by atoms with van der Waals surface area (Å²) in [6.07, 6.45) is 5.67. The van der Waals surface area contributed by atoms with E-state index >= 15 is 0 Å². The van der Waals surface area contributed by atoms with Gasteiger partial charge in [-0.15, -0.1) is 12.3 Å². The van der Waals surface area contributed by atoms with Crippen LogP contribution in [0.1, 0.15) is 43.7 Å². The highest BCUT2D eigenvalue weighted by molar-refractivity contribution is 5.75. The Morgan fingerprint density at radius 2 is 1.35 bits per heavy atom. The highest BCUT2D eigenvalue weighted by atomic mass is 19.1. The third-order valence-corrected chi connectivity index (χ3v) is 3.33. The fourth-order valence-corrected chi connectivity index (χ4v) is 2.26. The molecule has 0 aliphatic carbocycles. The van der Waals surface area contributed by atoms with Crippen molar-refractivity contribution in [2.45, 2.75) is 32.6 Å². The molecular weight excluding hydrogens is 294 g/mol. The molecule has 120 valence electrons. The first-order valence-electron chi connectivity index (χ1n) is 7.35. The Kier molecular flexibility index (Phi) is 7.70. The number of rotatable bonds is 5. The van der Waals surface area contributed by atoms with Gasteiger partial charge in [0, 0.05) is 12.3 Å². The van der Waals surface area contributed by atoms with E-state index in [1.165, 1.54) is 24.3 Å². The van der Waals surface area contributed by atoms with Crippen LogP contribution in [0.15, 0.2) is 48.5 Å². The van der Waals surface area contributed by atoms with Gasteiger partial charge in [0.25, 0.3) is 0 Å². The van der Waals surface area contributed by atoms with Crippen molar-refractivity contribution in [3.63, 3.8) is 0 Å². The summed E-state index contributed by atoms with van der Waals surface area (Å²) in [6.45, 7) is 3.20. The molecule has 0 radical (unpaired) electrons. The predicted octanol–water partition coefficient (Wildman–Crippen LogP) is 5.11. The second kappa shape index (κ2) is 9.53. The Hall–Kier alpha value is -2.47. The number of halogens is 2. The summed E-state index contributed by atoms with van der Waals surface area (Å²) < 4.78 is 26.0. The average Bonchev–Trinajstić information content (AvgIpc) is 2.51. The summed E-state index contributed by atoms with van der Waals surface area (Å²) in [6, 6.07) is 12.5. The summed E-state index contributed by atoms with van der Waals surface area (Å²) >= 11 is 0. The van der Waals surface area contributed by atoms with Gasteiger partial charge < -0.3 is 4.79 Å². The molecule has 0 saturated heterocycles. The van der Waals surface area contributed by atoms with Crippen LogP contribution in [0, 0.1) is 24.0 Å². The Morgan fingerprint density at radius 3 is 1.65 bits per heavy atom. The van der Waals surface area contributed by atoms with Crippen LogP contribution >= 0.6 is 0 Å². The number of hydrogen-bond acceptors (Lipinski definition) is 1. The van der Waals surface area contributed by atoms with E-state index in [0.29, 0.717) is 12.8 Å². The summed E-state index contributed by atoms with van der Waals surface area (Å²) in [5, 5.41) is 0. The van der Waals surface area contributed by atoms with Crippen LogP contribution in [0.3, 0.4) is 0 Å². The molecule has 0 atom stereocenters. The van der Waals surface area contributed by atoms with Crippen LogP contribution in [0.5, 0.6) is 0 Å². The number of benzene rings is 2. The lowest BCUT2D eigenvalue weighted by molar-refractivity contribution is -0.117. The van der Waals surface area contributed by atoms with Crippen LogP contribution < -0.4 is 0 Å². The molecule has 0 unspecified atom stereocenters. The van der Waals surface area contributed by atoms with Crippen molar-refractivity contribution in [2.75, 3.05) is 0 Å². The van der Waals surface area contributed by atoms with Gasteiger partial charge in [0.1, 0.15) is 17.4 Å².